The summed E-state index contributed by atoms with van der Waals surface area (Å²) >= 11 is 0. The van der Waals surface area contributed by atoms with E-state index in [0.717, 1.165) is 64.1 Å². The zero-order chi connectivity index (χ0) is 23.5. The number of hydrogen-bond donors (Lipinski definition) is 1. The Morgan fingerprint density at radius 1 is 1.03 bits per heavy atom. The molecule has 2 aliphatic rings. The largest absolute Gasteiger partial charge is 0.381 e. The van der Waals surface area contributed by atoms with Crippen molar-refractivity contribution in [1.82, 2.24) is 15.1 Å². The maximum Gasteiger partial charge on any atom is 0.168 e. The predicted molar refractivity (Wildman–Crippen MR) is 124 cm³/mol. The highest BCUT2D eigenvalue weighted by atomic mass is 19.2. The van der Waals surface area contributed by atoms with Crippen molar-refractivity contribution in [2.24, 2.45) is 5.92 Å². The van der Waals surface area contributed by atoms with Crippen LogP contribution in [0.1, 0.15) is 29.5 Å². The van der Waals surface area contributed by atoms with Crippen molar-refractivity contribution in [1.29, 1.82) is 0 Å². The molecule has 1 N–H and O–H groups in total. The van der Waals surface area contributed by atoms with E-state index < -0.39 is 17.5 Å². The molecule has 0 aliphatic carbocycles. The number of fused-ring (bicyclic) bond motifs is 1. The Kier molecular flexibility index (Phi) is 6.78. The molecular formula is C26H27F3N4O. The van der Waals surface area contributed by atoms with Crippen LogP contribution in [0.5, 0.6) is 0 Å². The Balaban J connectivity index is 1.23. The van der Waals surface area contributed by atoms with Crippen LogP contribution in [0.15, 0.2) is 42.5 Å². The number of nitrogens with zero attached hydrogens (tertiary/aromatic N) is 3. The van der Waals surface area contributed by atoms with Crippen molar-refractivity contribution >= 4 is 5.82 Å². The van der Waals surface area contributed by atoms with Gasteiger partial charge in [0.2, 0.25) is 0 Å². The Labute approximate surface area is 197 Å². The molecule has 5 rings (SSSR count). The molecule has 3 heterocycles. The van der Waals surface area contributed by atoms with Crippen LogP contribution in [0, 0.1) is 23.4 Å². The fraction of sp³-hybridized carbons (Fsp3) is 0.385. The lowest BCUT2D eigenvalue weighted by molar-refractivity contribution is 0.0506. The molecule has 0 amide bonds. The minimum Gasteiger partial charge on any atom is -0.381 e. The number of hydrogen-bond acceptors (Lipinski definition) is 5. The first-order chi connectivity index (χ1) is 16.6. The van der Waals surface area contributed by atoms with Gasteiger partial charge in [-0.3, -0.25) is 4.90 Å². The first-order valence-corrected chi connectivity index (χ1v) is 11.7. The van der Waals surface area contributed by atoms with Crippen molar-refractivity contribution in [2.45, 2.75) is 32.4 Å². The normalized spacial score (nSPS) is 16.9. The van der Waals surface area contributed by atoms with E-state index in [1.807, 2.05) is 0 Å². The Bertz CT molecular complexity index is 1150. The molecule has 34 heavy (non-hydrogen) atoms. The molecule has 0 bridgehead atoms. The third-order valence-electron chi connectivity index (χ3n) is 6.69. The number of anilines is 1. The second-order valence-electron chi connectivity index (χ2n) is 9.00. The van der Waals surface area contributed by atoms with Crippen LogP contribution in [0.2, 0.25) is 0 Å². The second-order valence-corrected chi connectivity index (χ2v) is 9.00. The van der Waals surface area contributed by atoms with Gasteiger partial charge in [-0.15, -0.1) is 10.2 Å². The highest BCUT2D eigenvalue weighted by Gasteiger charge is 2.23. The number of halogens is 3. The SMILES string of the molecule is Fc1cc(F)c(F)c(-c2ccc(NCc3cccc4c3CCN(CC3CCOCC3)C4)nn2)c1. The summed E-state index contributed by atoms with van der Waals surface area (Å²) in [5.74, 6) is -2.02. The first-order valence-electron chi connectivity index (χ1n) is 11.7. The van der Waals surface area contributed by atoms with Crippen molar-refractivity contribution in [3.63, 3.8) is 0 Å². The number of nitrogens with one attached hydrogen (secondary N) is 1. The zero-order valence-corrected chi connectivity index (χ0v) is 18.9. The van der Waals surface area contributed by atoms with E-state index in [0.29, 0.717) is 18.4 Å². The quantitative estimate of drug-likeness (QED) is 0.519. The van der Waals surface area contributed by atoms with Gasteiger partial charge in [0.15, 0.2) is 11.6 Å². The smallest absolute Gasteiger partial charge is 0.168 e. The number of rotatable bonds is 6. The summed E-state index contributed by atoms with van der Waals surface area (Å²) in [7, 11) is 0. The third kappa shape index (κ3) is 5.08. The molecule has 0 saturated carbocycles. The zero-order valence-electron chi connectivity index (χ0n) is 18.9. The van der Waals surface area contributed by atoms with Gasteiger partial charge in [0, 0.05) is 51.0 Å². The lowest BCUT2D eigenvalue weighted by Gasteiger charge is -2.34. The van der Waals surface area contributed by atoms with E-state index in [2.05, 4.69) is 38.6 Å². The van der Waals surface area contributed by atoms with Crippen molar-refractivity contribution in [3.05, 3.63) is 76.6 Å². The van der Waals surface area contributed by atoms with E-state index in [1.54, 1.807) is 6.07 Å². The molecule has 0 atom stereocenters. The number of ether oxygens (including phenoxy) is 1. The minimum absolute atomic E-state index is 0.0724. The van der Waals surface area contributed by atoms with Gasteiger partial charge in [-0.2, -0.15) is 0 Å². The minimum atomic E-state index is -1.25. The highest BCUT2D eigenvalue weighted by Crippen LogP contribution is 2.27. The van der Waals surface area contributed by atoms with Crippen LogP contribution in [-0.2, 0) is 24.2 Å². The van der Waals surface area contributed by atoms with Gasteiger partial charge in [-0.25, -0.2) is 13.2 Å². The number of benzene rings is 2. The molecule has 1 aromatic heterocycles. The van der Waals surface area contributed by atoms with Crippen LogP contribution in [0.3, 0.4) is 0 Å². The van der Waals surface area contributed by atoms with Crippen molar-refractivity contribution in [2.75, 3.05) is 31.6 Å². The molecule has 5 nitrogen and oxygen atoms in total. The van der Waals surface area contributed by atoms with Crippen molar-refractivity contribution in [3.8, 4) is 11.3 Å². The first kappa shape index (κ1) is 22.8. The lowest BCUT2D eigenvalue weighted by Crippen LogP contribution is -2.36. The van der Waals surface area contributed by atoms with E-state index in [-0.39, 0.29) is 11.3 Å². The molecule has 3 aromatic rings. The fourth-order valence-corrected chi connectivity index (χ4v) is 4.86. The topological polar surface area (TPSA) is 50.3 Å². The average molecular weight is 469 g/mol. The molecule has 8 heteroatoms. The molecule has 1 saturated heterocycles. The van der Waals surface area contributed by atoms with Crippen molar-refractivity contribution < 1.29 is 17.9 Å². The summed E-state index contributed by atoms with van der Waals surface area (Å²) in [5, 5.41) is 11.3. The van der Waals surface area contributed by atoms with E-state index in [4.69, 9.17) is 4.74 Å². The Hall–Kier alpha value is -2.97. The highest BCUT2D eigenvalue weighted by molar-refractivity contribution is 5.60. The van der Waals surface area contributed by atoms with Crippen LogP contribution in [0.4, 0.5) is 19.0 Å². The van der Waals surface area contributed by atoms with E-state index >= 15 is 0 Å². The molecule has 2 aliphatic heterocycles. The molecular weight excluding hydrogens is 441 g/mol. The monoisotopic (exact) mass is 468 g/mol. The van der Waals surface area contributed by atoms with Gasteiger partial charge in [0.1, 0.15) is 11.6 Å². The van der Waals surface area contributed by atoms with Crippen LogP contribution in [0.25, 0.3) is 11.3 Å². The van der Waals surface area contributed by atoms with Gasteiger partial charge in [-0.05, 0) is 60.1 Å². The van der Waals surface area contributed by atoms with Gasteiger partial charge in [0.25, 0.3) is 0 Å². The van der Waals surface area contributed by atoms with Gasteiger partial charge < -0.3 is 10.1 Å². The molecule has 1 fully saturated rings. The van der Waals surface area contributed by atoms with Gasteiger partial charge in [0.05, 0.1) is 5.69 Å². The average Bonchev–Trinajstić information content (AvgIpc) is 2.86. The molecule has 0 spiro atoms. The molecule has 0 unspecified atom stereocenters. The maximum absolute atomic E-state index is 14.0. The Morgan fingerprint density at radius 2 is 1.88 bits per heavy atom. The van der Waals surface area contributed by atoms with Gasteiger partial charge in [-0.1, -0.05) is 18.2 Å². The maximum atomic E-state index is 14.0. The lowest BCUT2D eigenvalue weighted by atomic mass is 9.92. The third-order valence-corrected chi connectivity index (χ3v) is 6.69. The van der Waals surface area contributed by atoms with Crippen LogP contribution in [-0.4, -0.2) is 41.4 Å². The van der Waals surface area contributed by atoms with E-state index in [1.165, 1.54) is 22.8 Å². The van der Waals surface area contributed by atoms with Crippen LogP contribution >= 0.6 is 0 Å². The van der Waals surface area contributed by atoms with Crippen LogP contribution < -0.4 is 5.32 Å². The predicted octanol–water partition coefficient (Wildman–Crippen LogP) is 4.96. The summed E-state index contributed by atoms with van der Waals surface area (Å²) in [4.78, 5) is 2.55. The summed E-state index contributed by atoms with van der Waals surface area (Å²) in [6.07, 6.45) is 3.30. The number of aromatic nitrogens is 2. The summed E-state index contributed by atoms with van der Waals surface area (Å²) in [6.45, 7) is 5.48. The molecule has 178 valence electrons. The second kappa shape index (κ2) is 10.1. The summed E-state index contributed by atoms with van der Waals surface area (Å²) in [5.41, 5.74) is 3.78. The fourth-order valence-electron chi connectivity index (χ4n) is 4.86. The Morgan fingerprint density at radius 3 is 2.68 bits per heavy atom. The van der Waals surface area contributed by atoms with Gasteiger partial charge >= 0.3 is 0 Å². The summed E-state index contributed by atoms with van der Waals surface area (Å²) < 4.78 is 46.5. The molecule has 0 radical (unpaired) electrons. The van der Waals surface area contributed by atoms with E-state index in [9.17, 15) is 13.2 Å². The summed E-state index contributed by atoms with van der Waals surface area (Å²) in [6, 6.07) is 11.0. The molecule has 2 aromatic carbocycles. The standard InChI is InChI=1S/C26H27F3N4O/c27-20-12-22(26(29)23(28)13-20)24-4-5-25(32-31-24)30-14-18-2-1-3-19-16-33(9-6-21(18)19)15-17-7-10-34-11-8-17/h1-5,12-13,17H,6-11,14-16H2,(H,30,32).